The lowest BCUT2D eigenvalue weighted by molar-refractivity contribution is -0.143. The van der Waals surface area contributed by atoms with Crippen molar-refractivity contribution in [1.82, 2.24) is 10.3 Å². The average molecular weight is 636 g/mol. The summed E-state index contributed by atoms with van der Waals surface area (Å²) in [5, 5.41) is 8.41. The van der Waals surface area contributed by atoms with Gasteiger partial charge in [-0.3, -0.25) is 9.59 Å². The molecule has 226 valence electrons. The molecule has 0 saturated carbocycles. The van der Waals surface area contributed by atoms with Crippen LogP contribution in [0.15, 0.2) is 77.4 Å². The molecule has 0 radical (unpaired) electrons. The van der Waals surface area contributed by atoms with Crippen LogP contribution in [0, 0.1) is 0 Å². The largest absolute Gasteiger partial charge is 0.494 e. The molecule has 0 unspecified atom stereocenters. The summed E-state index contributed by atoms with van der Waals surface area (Å²) in [4.78, 5) is 23.3. The number of aromatic nitrogens is 2. The summed E-state index contributed by atoms with van der Waals surface area (Å²) in [5.41, 5.74) is 4.74. The van der Waals surface area contributed by atoms with E-state index in [2.05, 4.69) is 10.3 Å². The third-order valence-electron chi connectivity index (χ3n) is 6.61. The lowest BCUT2D eigenvalue weighted by atomic mass is 10.0. The van der Waals surface area contributed by atoms with Gasteiger partial charge < -0.3 is 18.9 Å². The van der Waals surface area contributed by atoms with Gasteiger partial charge in [0.05, 0.1) is 28.8 Å². The molecule has 11 heteroatoms. The second-order valence-corrected chi connectivity index (χ2v) is 10.5. The number of halogens is 2. The van der Waals surface area contributed by atoms with Crippen LogP contribution in [0.4, 0.5) is 0 Å². The van der Waals surface area contributed by atoms with Crippen LogP contribution in [-0.4, -0.2) is 35.8 Å². The van der Waals surface area contributed by atoms with Crippen LogP contribution in [-0.2, 0) is 22.7 Å². The number of nitrogens with zero attached hydrogens (tertiary/aromatic N) is 2. The highest BCUT2D eigenvalue weighted by atomic mass is 35.5. The fraction of sp³-hybridized carbons (Fsp3) is 0.212. The number of esters is 1. The van der Waals surface area contributed by atoms with Crippen LogP contribution in [0.1, 0.15) is 41.3 Å². The van der Waals surface area contributed by atoms with Crippen LogP contribution in [0.3, 0.4) is 0 Å². The van der Waals surface area contributed by atoms with E-state index in [9.17, 15) is 9.59 Å². The number of hydrogen-bond acceptors (Lipinski definition) is 9. The van der Waals surface area contributed by atoms with Crippen molar-refractivity contribution in [2.24, 2.45) is 0 Å². The maximum atomic E-state index is 11.7. The van der Waals surface area contributed by atoms with Gasteiger partial charge in [0.2, 0.25) is 0 Å². The van der Waals surface area contributed by atoms with Gasteiger partial charge in [0, 0.05) is 23.6 Å². The minimum Gasteiger partial charge on any atom is -0.494 e. The Labute approximate surface area is 263 Å². The summed E-state index contributed by atoms with van der Waals surface area (Å²) in [6, 6.07) is 21.7. The third-order valence-corrected chi connectivity index (χ3v) is 7.35. The minimum absolute atomic E-state index is 0.117. The van der Waals surface area contributed by atoms with Gasteiger partial charge in [0.15, 0.2) is 6.29 Å². The molecule has 44 heavy (non-hydrogen) atoms. The van der Waals surface area contributed by atoms with Gasteiger partial charge in [0.25, 0.3) is 0 Å². The first kappa shape index (κ1) is 30.8. The van der Waals surface area contributed by atoms with Crippen LogP contribution >= 0.6 is 23.2 Å². The molecule has 5 aromatic rings. The van der Waals surface area contributed by atoms with E-state index < -0.39 is 0 Å². The van der Waals surface area contributed by atoms with Gasteiger partial charge in [-0.15, -0.1) is 0 Å². The molecule has 0 spiro atoms. The standard InChI is InChI=1S/C33H28Cl2N2O7/c1-2-40-32(39)10-5-13-41-25-8-3-6-22(15-25)26-9-4-7-23(33(26)35)20-43-31-17-30(24(18-38)16-27(31)34)42-19-21-11-12-28-29(14-21)37-44-36-28/h3-4,6-9,11-12,14-18H,2,5,10,13,19-20H2,1H3. The highest BCUT2D eigenvalue weighted by Crippen LogP contribution is 2.36. The number of carbonyl (C=O) groups is 2. The molecule has 9 nitrogen and oxygen atoms in total. The Balaban J connectivity index is 1.25. The van der Waals surface area contributed by atoms with Crippen LogP contribution in [0.25, 0.3) is 22.2 Å². The SMILES string of the molecule is CCOC(=O)CCCOc1cccc(-c2cccc(COc3cc(OCc4ccc5nonc5c4)c(C=O)cc3Cl)c2Cl)c1. The Morgan fingerprint density at radius 2 is 1.70 bits per heavy atom. The average Bonchev–Trinajstić information content (AvgIpc) is 3.51. The molecule has 0 aliphatic heterocycles. The quantitative estimate of drug-likeness (QED) is 0.0683. The minimum atomic E-state index is -0.236. The molecule has 0 aliphatic rings. The maximum absolute atomic E-state index is 11.7. The highest BCUT2D eigenvalue weighted by Gasteiger charge is 2.15. The smallest absolute Gasteiger partial charge is 0.305 e. The number of fused-ring (bicyclic) bond motifs is 1. The predicted molar refractivity (Wildman–Crippen MR) is 166 cm³/mol. The topological polar surface area (TPSA) is 110 Å². The van der Waals surface area contributed by atoms with Crippen LogP contribution < -0.4 is 14.2 Å². The number of carbonyl (C=O) groups excluding carboxylic acids is 2. The number of rotatable bonds is 14. The molecule has 0 aliphatic carbocycles. The fourth-order valence-electron chi connectivity index (χ4n) is 4.42. The second-order valence-electron chi connectivity index (χ2n) is 9.67. The van der Waals surface area contributed by atoms with E-state index >= 15 is 0 Å². The van der Waals surface area contributed by atoms with E-state index in [1.807, 2.05) is 48.5 Å². The lowest BCUT2D eigenvalue weighted by Crippen LogP contribution is -2.06. The summed E-state index contributed by atoms with van der Waals surface area (Å²) in [5.74, 6) is 1.08. The van der Waals surface area contributed by atoms with E-state index in [1.54, 1.807) is 25.1 Å². The van der Waals surface area contributed by atoms with E-state index in [1.165, 1.54) is 6.07 Å². The van der Waals surface area contributed by atoms with E-state index in [0.717, 1.165) is 22.3 Å². The summed E-state index contributed by atoms with van der Waals surface area (Å²) < 4.78 is 27.5. The fourth-order valence-corrected chi connectivity index (χ4v) is 4.94. The molecular formula is C33H28Cl2N2O7. The Morgan fingerprint density at radius 1 is 0.886 bits per heavy atom. The molecule has 0 amide bonds. The van der Waals surface area contributed by atoms with Crippen molar-refractivity contribution >= 4 is 46.5 Å². The summed E-state index contributed by atoms with van der Waals surface area (Å²) in [7, 11) is 0. The van der Waals surface area contributed by atoms with Crippen LogP contribution in [0.5, 0.6) is 17.2 Å². The molecule has 5 rings (SSSR count). The zero-order valence-electron chi connectivity index (χ0n) is 23.8. The van der Waals surface area contributed by atoms with E-state index in [4.69, 9.17) is 46.8 Å². The predicted octanol–water partition coefficient (Wildman–Crippen LogP) is 7.89. The first-order valence-electron chi connectivity index (χ1n) is 13.9. The third kappa shape index (κ3) is 7.67. The molecule has 0 saturated heterocycles. The van der Waals surface area contributed by atoms with Crippen molar-refractivity contribution in [1.29, 1.82) is 0 Å². The maximum Gasteiger partial charge on any atom is 0.305 e. The van der Waals surface area contributed by atoms with Crippen molar-refractivity contribution in [3.63, 3.8) is 0 Å². The molecule has 4 aromatic carbocycles. The Morgan fingerprint density at radius 3 is 2.55 bits per heavy atom. The van der Waals surface area contributed by atoms with Crippen molar-refractivity contribution in [3.05, 3.63) is 99.5 Å². The Hall–Kier alpha value is -4.60. The second kappa shape index (κ2) is 14.7. The van der Waals surface area contributed by atoms with Crippen molar-refractivity contribution in [2.75, 3.05) is 13.2 Å². The summed E-state index contributed by atoms with van der Waals surface area (Å²) >= 11 is 13.3. The van der Waals surface area contributed by atoms with Crippen molar-refractivity contribution < 1.29 is 33.2 Å². The zero-order chi connectivity index (χ0) is 30.9. The Kier molecular flexibility index (Phi) is 10.3. The summed E-state index contributed by atoms with van der Waals surface area (Å²) in [6.45, 7) is 2.82. The van der Waals surface area contributed by atoms with Gasteiger partial charge in [-0.2, -0.15) is 0 Å². The summed E-state index contributed by atoms with van der Waals surface area (Å²) in [6.07, 6.45) is 1.53. The highest BCUT2D eigenvalue weighted by molar-refractivity contribution is 6.34. The molecule has 0 fully saturated rings. The first-order chi connectivity index (χ1) is 21.4. The molecule has 1 heterocycles. The number of benzene rings is 4. The van der Waals surface area contributed by atoms with Crippen molar-refractivity contribution in [2.45, 2.75) is 33.0 Å². The molecular weight excluding hydrogens is 607 g/mol. The molecule has 1 aromatic heterocycles. The van der Waals surface area contributed by atoms with Gasteiger partial charge in [-0.25, -0.2) is 4.63 Å². The molecule has 0 bridgehead atoms. The van der Waals surface area contributed by atoms with Crippen molar-refractivity contribution in [3.8, 4) is 28.4 Å². The van der Waals surface area contributed by atoms with Gasteiger partial charge in [-0.1, -0.05) is 59.6 Å². The first-order valence-corrected chi connectivity index (χ1v) is 14.6. The lowest BCUT2D eigenvalue weighted by Gasteiger charge is -2.15. The molecule has 0 atom stereocenters. The monoisotopic (exact) mass is 634 g/mol. The van der Waals surface area contributed by atoms with Crippen LogP contribution in [0.2, 0.25) is 10.0 Å². The number of hydrogen-bond donors (Lipinski definition) is 0. The zero-order valence-corrected chi connectivity index (χ0v) is 25.3. The number of ether oxygens (including phenoxy) is 4. The number of aldehydes is 1. The van der Waals surface area contributed by atoms with Gasteiger partial charge >= 0.3 is 5.97 Å². The van der Waals surface area contributed by atoms with Gasteiger partial charge in [0.1, 0.15) is 41.5 Å². The van der Waals surface area contributed by atoms with E-state index in [-0.39, 0.29) is 29.8 Å². The van der Waals surface area contributed by atoms with Gasteiger partial charge in [-0.05, 0) is 65.1 Å². The normalized spacial score (nSPS) is 10.9. The molecule has 0 N–H and O–H groups in total. The van der Waals surface area contributed by atoms with E-state index in [0.29, 0.717) is 65.6 Å². The Bertz CT molecular complexity index is 1770.